The van der Waals surface area contributed by atoms with Crippen molar-refractivity contribution in [3.63, 3.8) is 0 Å². The van der Waals surface area contributed by atoms with Crippen molar-refractivity contribution in [1.82, 2.24) is 0 Å². The molecule has 2 radical (unpaired) electrons. The Bertz CT molecular complexity index is 38.3. The minimum Gasteiger partial charge on any atom is -0.358 e. The third-order valence-corrected chi connectivity index (χ3v) is 2.16. The molecule has 0 unspecified atom stereocenters. The molecule has 0 N–H and O–H groups in total. The number of hydrogen-bond donors (Lipinski definition) is 0. The summed E-state index contributed by atoms with van der Waals surface area (Å²) in [6.45, 7) is 0. The summed E-state index contributed by atoms with van der Waals surface area (Å²) in [5.41, 5.74) is 0. The van der Waals surface area contributed by atoms with Crippen molar-refractivity contribution in [1.29, 1.82) is 0 Å². The molecule has 2 rings (SSSR count). The summed E-state index contributed by atoms with van der Waals surface area (Å²) in [4.78, 5) is 0. The second kappa shape index (κ2) is 15.4. The van der Waals surface area contributed by atoms with Crippen molar-refractivity contribution in [2.24, 2.45) is 0 Å². The third kappa shape index (κ3) is 12.9. The molecule has 0 nitrogen and oxygen atoms in total. The Labute approximate surface area is 105 Å². The molecule has 0 heterocycles. The quantitative estimate of drug-likeness (QED) is 0.565. The van der Waals surface area contributed by atoms with E-state index in [0.717, 1.165) is 0 Å². The predicted molar refractivity (Wildman–Crippen MR) is 58.4 cm³/mol. The van der Waals surface area contributed by atoms with Crippen molar-refractivity contribution in [3.8, 4) is 0 Å². The molecule has 2 aliphatic rings. The van der Waals surface area contributed by atoms with Gasteiger partial charge in [-0.05, 0) is 25.7 Å². The normalized spacial score (nSPS) is 18.5. The van der Waals surface area contributed by atoms with E-state index < -0.39 is 0 Å². The molecule has 0 aromatic carbocycles. The van der Waals surface area contributed by atoms with E-state index in [9.17, 15) is 0 Å². The largest absolute Gasteiger partial charge is 2.00 e. The average molecular weight is 260 g/mol. The summed E-state index contributed by atoms with van der Waals surface area (Å²) in [5.74, 6) is 0. The second-order valence-electron chi connectivity index (χ2n) is 3.17. The van der Waals surface area contributed by atoms with Crippen LogP contribution in [-0.4, -0.2) is 0 Å². The zero-order chi connectivity index (χ0) is 7.07. The molecule has 13 heavy (non-hydrogen) atoms. The maximum Gasteiger partial charge on any atom is 2.00 e. The average Bonchev–Trinajstić information content (AvgIpc) is 2.67. The summed E-state index contributed by atoms with van der Waals surface area (Å²) in [6.07, 6.45) is 16.0. The Kier molecular flexibility index (Phi) is 23.0. The zero-order valence-electron chi connectivity index (χ0n) is 9.31. The van der Waals surface area contributed by atoms with Gasteiger partial charge >= 0.3 is 26.2 Å². The minimum atomic E-state index is 0. The molecule has 0 bridgehead atoms. The van der Waals surface area contributed by atoms with Crippen LogP contribution in [0.1, 0.15) is 51.4 Å². The van der Waals surface area contributed by atoms with Crippen molar-refractivity contribution in [2.75, 3.05) is 0 Å². The predicted octanol–water partition coefficient (Wildman–Crippen LogP) is 4.43. The van der Waals surface area contributed by atoms with Crippen molar-refractivity contribution in [3.05, 3.63) is 27.7 Å². The van der Waals surface area contributed by atoms with Crippen molar-refractivity contribution >= 4 is 0 Å². The Morgan fingerprint density at radius 2 is 0.846 bits per heavy atom. The van der Waals surface area contributed by atoms with Gasteiger partial charge in [-0.3, -0.25) is 0 Å². The van der Waals surface area contributed by atoms with Gasteiger partial charge in [0.2, 0.25) is 0 Å². The van der Waals surface area contributed by atoms with Gasteiger partial charge in [0, 0.05) is 0 Å². The molecule has 0 saturated heterocycles. The van der Waals surface area contributed by atoms with Gasteiger partial charge in [-0.2, -0.15) is 0 Å². The van der Waals surface area contributed by atoms with Gasteiger partial charge in [0.15, 0.2) is 0 Å². The number of hydrogen-bond acceptors (Lipinski definition) is 0. The smallest absolute Gasteiger partial charge is 0.358 e. The fraction of sp³-hybridized carbons (Fsp3) is 0.667. The van der Waals surface area contributed by atoms with Gasteiger partial charge in [-0.15, -0.1) is 0 Å². The van der Waals surface area contributed by atoms with E-state index in [1.165, 1.54) is 51.4 Å². The van der Waals surface area contributed by atoms with E-state index in [-0.39, 0.29) is 41.1 Å². The summed E-state index contributed by atoms with van der Waals surface area (Å²) in [5, 5.41) is 0. The number of rotatable bonds is 0. The SMILES string of the molecule is C1CCCC1.[CH3-].[CH3-].[CH]1[CH]CCC1.[Zr+2]. The molecule has 0 aromatic rings. The topological polar surface area (TPSA) is 0 Å². The van der Waals surface area contributed by atoms with Gasteiger partial charge in [-0.1, -0.05) is 38.5 Å². The zero-order valence-corrected chi connectivity index (χ0v) is 11.8. The van der Waals surface area contributed by atoms with Gasteiger partial charge in [0.25, 0.3) is 0 Å². The van der Waals surface area contributed by atoms with Gasteiger partial charge in [0.05, 0.1) is 0 Å². The molecule has 0 spiro atoms. The molecule has 2 fully saturated rings. The van der Waals surface area contributed by atoms with Gasteiger partial charge in [0.1, 0.15) is 0 Å². The van der Waals surface area contributed by atoms with Crippen molar-refractivity contribution in [2.45, 2.75) is 51.4 Å². The van der Waals surface area contributed by atoms with E-state index >= 15 is 0 Å². The molecular weight excluding hydrogens is 235 g/mol. The molecular formula is C12H24Zr. The monoisotopic (exact) mass is 258 g/mol. The first-order valence-electron chi connectivity index (χ1n) is 4.65. The summed E-state index contributed by atoms with van der Waals surface area (Å²) >= 11 is 0. The van der Waals surface area contributed by atoms with E-state index in [0.29, 0.717) is 0 Å². The minimum absolute atomic E-state index is 0. The molecule has 2 aliphatic carbocycles. The Hall–Kier alpha value is 0.883. The van der Waals surface area contributed by atoms with Crippen LogP contribution in [0.4, 0.5) is 0 Å². The first-order valence-corrected chi connectivity index (χ1v) is 4.65. The fourth-order valence-electron chi connectivity index (χ4n) is 1.47. The van der Waals surface area contributed by atoms with E-state index in [2.05, 4.69) is 12.8 Å². The van der Waals surface area contributed by atoms with Crippen LogP contribution < -0.4 is 0 Å². The van der Waals surface area contributed by atoms with Crippen LogP contribution >= 0.6 is 0 Å². The first kappa shape index (κ1) is 19.5. The summed E-state index contributed by atoms with van der Waals surface area (Å²) in [7, 11) is 0. The first-order chi connectivity index (χ1) is 5.00. The van der Waals surface area contributed by atoms with E-state index in [1.54, 1.807) is 0 Å². The van der Waals surface area contributed by atoms with Crippen LogP contribution in [0.3, 0.4) is 0 Å². The third-order valence-electron chi connectivity index (χ3n) is 2.16. The fourth-order valence-corrected chi connectivity index (χ4v) is 1.47. The second-order valence-corrected chi connectivity index (χ2v) is 3.17. The molecule has 76 valence electrons. The maximum absolute atomic E-state index is 2.24. The Balaban J connectivity index is -0.000000125. The maximum atomic E-state index is 2.24. The van der Waals surface area contributed by atoms with Crippen LogP contribution in [0.15, 0.2) is 0 Å². The van der Waals surface area contributed by atoms with Crippen LogP contribution in [0.2, 0.25) is 0 Å². The van der Waals surface area contributed by atoms with E-state index in [1.807, 2.05) is 0 Å². The van der Waals surface area contributed by atoms with Crippen LogP contribution in [0, 0.1) is 27.7 Å². The van der Waals surface area contributed by atoms with Crippen LogP contribution in [0.25, 0.3) is 0 Å². The summed E-state index contributed by atoms with van der Waals surface area (Å²) in [6, 6.07) is 0. The Morgan fingerprint density at radius 3 is 1.00 bits per heavy atom. The molecule has 0 aromatic heterocycles. The standard InChI is InChI=1S/C5H10.C5H8.2CH3.Zr/c2*1-2-4-5-3-1;;;/h1-5H2;1-2H,3-5H2;2*1H3;/q;;2*-1;+2. The van der Waals surface area contributed by atoms with E-state index in [4.69, 9.17) is 0 Å². The summed E-state index contributed by atoms with van der Waals surface area (Å²) < 4.78 is 0. The molecule has 0 atom stereocenters. The van der Waals surface area contributed by atoms with Crippen molar-refractivity contribution < 1.29 is 26.2 Å². The molecule has 1 heteroatoms. The molecule has 0 aliphatic heterocycles. The van der Waals surface area contributed by atoms with Gasteiger partial charge < -0.3 is 14.9 Å². The van der Waals surface area contributed by atoms with Gasteiger partial charge in [-0.25, -0.2) is 0 Å². The van der Waals surface area contributed by atoms with Crippen LogP contribution in [-0.2, 0) is 26.2 Å². The van der Waals surface area contributed by atoms with Crippen LogP contribution in [0.5, 0.6) is 0 Å². The Morgan fingerprint density at radius 1 is 0.538 bits per heavy atom. The molecule has 0 amide bonds. The molecule has 2 saturated carbocycles.